The normalized spacial score (nSPS) is 22.8. The average Bonchev–Trinajstić information content (AvgIpc) is 3.78. The van der Waals surface area contributed by atoms with Crippen molar-refractivity contribution >= 4 is 63.9 Å². The number of rotatable bonds is 6. The molecule has 0 aliphatic carbocycles. The zero-order valence-electron chi connectivity index (χ0n) is 33.9. The van der Waals surface area contributed by atoms with Gasteiger partial charge in [-0.3, -0.25) is 34.2 Å². The SMILES string of the molecule is [C-]#[N+]c1ccc(N2CCC3(CCN(c4ccc(C(=O)N5CCCN(C6CCN(c7ccc8c(c7)C(=O)N(C7CCC(=O)NC7=O)C8=O)CC6)CCC5)cc4)CC3)C2)cc1Cl. The van der Waals surface area contributed by atoms with Crippen molar-refractivity contribution in [3.05, 3.63) is 93.8 Å². The summed E-state index contributed by atoms with van der Waals surface area (Å²) in [6.07, 6.45) is 7.42. The maximum absolute atomic E-state index is 13.7. The standard InChI is InChI=1S/C46H51ClN8O5/c1-48-39-11-9-35(29-38(39)47)54-27-18-46(30-54)16-25-52(26-17-46)32-6-4-31(5-7-32)43(58)53-21-2-19-50(20-3-22-53)33-14-23-51(24-15-33)34-8-10-36-37(28-34)45(60)55(44(36)59)40-12-13-41(56)49-42(40)57/h4-11,28-29,33,40H,2-3,12-27,30H2,(H,49,56,57). The van der Waals surface area contributed by atoms with Crippen LogP contribution in [0.2, 0.25) is 5.02 Å². The van der Waals surface area contributed by atoms with E-state index in [1.807, 2.05) is 41.3 Å². The van der Waals surface area contributed by atoms with Gasteiger partial charge in [0.25, 0.3) is 17.7 Å². The predicted octanol–water partition coefficient (Wildman–Crippen LogP) is 6.00. The molecule has 9 rings (SSSR count). The van der Waals surface area contributed by atoms with E-state index in [4.69, 9.17) is 18.2 Å². The van der Waals surface area contributed by atoms with Crippen LogP contribution in [-0.2, 0) is 9.59 Å². The van der Waals surface area contributed by atoms with Crippen LogP contribution < -0.4 is 20.0 Å². The van der Waals surface area contributed by atoms with Gasteiger partial charge in [-0.15, -0.1) is 0 Å². The largest absolute Gasteiger partial charge is 0.371 e. The Morgan fingerprint density at radius 1 is 0.700 bits per heavy atom. The Hall–Kier alpha value is -5.45. The van der Waals surface area contributed by atoms with Crippen LogP contribution >= 0.6 is 11.6 Å². The van der Waals surface area contributed by atoms with Gasteiger partial charge in [-0.05, 0) is 111 Å². The van der Waals surface area contributed by atoms with Crippen LogP contribution in [0.1, 0.15) is 88.9 Å². The van der Waals surface area contributed by atoms with E-state index < -0.39 is 29.7 Å². The summed E-state index contributed by atoms with van der Waals surface area (Å²) in [6, 6.07) is 18.8. The molecule has 1 atom stereocenters. The smallest absolute Gasteiger partial charge is 0.262 e. The van der Waals surface area contributed by atoms with Gasteiger partial charge >= 0.3 is 0 Å². The molecule has 14 heteroatoms. The van der Waals surface area contributed by atoms with Gasteiger partial charge in [0.1, 0.15) is 6.04 Å². The molecule has 3 aromatic carbocycles. The summed E-state index contributed by atoms with van der Waals surface area (Å²) in [7, 11) is 0. The van der Waals surface area contributed by atoms with E-state index in [1.54, 1.807) is 12.1 Å². The number of amides is 5. The highest BCUT2D eigenvalue weighted by molar-refractivity contribution is 6.33. The van der Waals surface area contributed by atoms with Crippen LogP contribution in [0.4, 0.5) is 22.7 Å². The van der Waals surface area contributed by atoms with Crippen molar-refractivity contribution in [1.82, 2.24) is 20.0 Å². The maximum atomic E-state index is 13.7. The van der Waals surface area contributed by atoms with Gasteiger partial charge in [-0.25, -0.2) is 4.85 Å². The van der Waals surface area contributed by atoms with Crippen LogP contribution in [-0.4, -0.2) is 122 Å². The number of fused-ring (bicyclic) bond motifs is 1. The predicted molar refractivity (Wildman–Crippen MR) is 230 cm³/mol. The summed E-state index contributed by atoms with van der Waals surface area (Å²) in [5.41, 5.74) is 5.29. The molecular formula is C46H51ClN8O5. The number of nitrogens with zero attached hydrogens (tertiary/aromatic N) is 7. The molecular weight excluding hydrogens is 780 g/mol. The number of imide groups is 2. The third kappa shape index (κ3) is 7.71. The minimum Gasteiger partial charge on any atom is -0.371 e. The molecule has 0 aromatic heterocycles. The molecule has 0 bridgehead atoms. The zero-order valence-corrected chi connectivity index (χ0v) is 34.7. The number of carbonyl (C=O) groups is 5. The third-order valence-corrected chi connectivity index (χ3v) is 14.3. The number of nitrogens with one attached hydrogen (secondary N) is 1. The molecule has 3 aromatic rings. The number of benzene rings is 3. The second-order valence-electron chi connectivity index (χ2n) is 17.4. The lowest BCUT2D eigenvalue weighted by Crippen LogP contribution is -2.54. The molecule has 0 radical (unpaired) electrons. The lowest BCUT2D eigenvalue weighted by atomic mass is 9.77. The van der Waals surface area contributed by atoms with Crippen molar-refractivity contribution in [1.29, 1.82) is 0 Å². The molecule has 6 aliphatic heterocycles. The third-order valence-electron chi connectivity index (χ3n) is 14.0. The fourth-order valence-corrected chi connectivity index (χ4v) is 10.7. The van der Waals surface area contributed by atoms with Gasteiger partial charge in [0, 0.05) is 106 Å². The Balaban J connectivity index is 0.727. The Morgan fingerprint density at radius 2 is 1.32 bits per heavy atom. The van der Waals surface area contributed by atoms with E-state index in [0.29, 0.717) is 27.9 Å². The highest BCUT2D eigenvalue weighted by atomic mass is 35.5. The van der Waals surface area contributed by atoms with E-state index >= 15 is 0 Å². The summed E-state index contributed by atoms with van der Waals surface area (Å²) in [4.78, 5) is 80.6. The van der Waals surface area contributed by atoms with Crippen LogP contribution in [0.5, 0.6) is 0 Å². The van der Waals surface area contributed by atoms with Gasteiger partial charge in [0.15, 0.2) is 0 Å². The molecule has 1 unspecified atom stereocenters. The minimum atomic E-state index is -0.973. The average molecular weight is 831 g/mol. The summed E-state index contributed by atoms with van der Waals surface area (Å²) < 4.78 is 0. The zero-order chi connectivity index (χ0) is 41.5. The maximum Gasteiger partial charge on any atom is 0.262 e. The molecule has 5 saturated heterocycles. The van der Waals surface area contributed by atoms with E-state index in [2.05, 4.69) is 41.9 Å². The van der Waals surface area contributed by atoms with E-state index in [0.717, 1.165) is 132 Å². The minimum absolute atomic E-state index is 0.0926. The molecule has 5 fully saturated rings. The Kier molecular flexibility index (Phi) is 11.0. The molecule has 13 nitrogen and oxygen atoms in total. The van der Waals surface area contributed by atoms with Gasteiger partial charge in [0.2, 0.25) is 17.5 Å². The van der Waals surface area contributed by atoms with Gasteiger partial charge in [-0.1, -0.05) is 17.7 Å². The topological polar surface area (TPSA) is 121 Å². The highest BCUT2D eigenvalue weighted by Crippen LogP contribution is 2.44. The first-order valence-corrected chi connectivity index (χ1v) is 21.9. The molecule has 1 N–H and O–H groups in total. The van der Waals surface area contributed by atoms with Crippen LogP contribution in [0.15, 0.2) is 60.7 Å². The van der Waals surface area contributed by atoms with Crippen molar-refractivity contribution in [3.8, 4) is 0 Å². The lowest BCUT2D eigenvalue weighted by Gasteiger charge is -2.41. The van der Waals surface area contributed by atoms with Gasteiger partial charge in [-0.2, -0.15) is 0 Å². The van der Waals surface area contributed by atoms with Gasteiger partial charge in [0.05, 0.1) is 17.7 Å². The monoisotopic (exact) mass is 830 g/mol. The number of carbonyl (C=O) groups excluding carboxylic acids is 5. The van der Waals surface area contributed by atoms with Gasteiger partial charge < -0.3 is 24.5 Å². The first kappa shape index (κ1) is 40.0. The number of anilines is 3. The van der Waals surface area contributed by atoms with Crippen molar-refractivity contribution in [2.24, 2.45) is 5.41 Å². The fourth-order valence-electron chi connectivity index (χ4n) is 10.4. The number of hydrogen-bond acceptors (Lipinski definition) is 9. The Bertz CT molecular complexity index is 2230. The second-order valence-corrected chi connectivity index (χ2v) is 17.8. The van der Waals surface area contributed by atoms with E-state index in [9.17, 15) is 24.0 Å². The van der Waals surface area contributed by atoms with E-state index in [1.165, 1.54) is 5.69 Å². The summed E-state index contributed by atoms with van der Waals surface area (Å²) in [6.45, 7) is 16.3. The highest BCUT2D eigenvalue weighted by Gasteiger charge is 2.45. The van der Waals surface area contributed by atoms with E-state index in [-0.39, 0.29) is 24.2 Å². The number of hydrogen-bond donors (Lipinski definition) is 1. The molecule has 6 heterocycles. The molecule has 60 heavy (non-hydrogen) atoms. The van der Waals surface area contributed by atoms with Crippen LogP contribution in [0.25, 0.3) is 4.85 Å². The quantitative estimate of drug-likeness (QED) is 0.236. The van der Waals surface area contributed by atoms with Crippen molar-refractivity contribution in [2.75, 3.05) is 80.1 Å². The fraction of sp³-hybridized carbons (Fsp3) is 0.478. The Morgan fingerprint density at radius 3 is 1.98 bits per heavy atom. The van der Waals surface area contributed by atoms with Crippen molar-refractivity contribution < 1.29 is 24.0 Å². The Labute approximate surface area is 356 Å². The van der Waals surface area contributed by atoms with Crippen molar-refractivity contribution in [2.45, 2.75) is 69.9 Å². The summed E-state index contributed by atoms with van der Waals surface area (Å²) in [5, 5.41) is 2.77. The molecule has 0 saturated carbocycles. The lowest BCUT2D eigenvalue weighted by molar-refractivity contribution is -0.136. The summed E-state index contributed by atoms with van der Waals surface area (Å²) in [5.74, 6) is -1.86. The first-order valence-electron chi connectivity index (χ1n) is 21.5. The van der Waals surface area contributed by atoms with Crippen molar-refractivity contribution in [3.63, 3.8) is 0 Å². The molecule has 1 spiro atoms. The molecule has 6 aliphatic rings. The molecule has 5 amide bonds. The molecule has 312 valence electrons. The summed E-state index contributed by atoms with van der Waals surface area (Å²) >= 11 is 6.35. The van der Waals surface area contributed by atoms with Crippen LogP contribution in [0.3, 0.4) is 0 Å². The number of halogens is 1. The second kappa shape index (κ2) is 16.5. The first-order chi connectivity index (χ1) is 29.1. The van der Waals surface area contributed by atoms with Crippen LogP contribution in [0, 0.1) is 12.0 Å². The number of piperidine rings is 3.